The zero-order valence-corrected chi connectivity index (χ0v) is 22.6. The maximum absolute atomic E-state index is 15.8. The molecule has 0 spiro atoms. The smallest absolute Gasteiger partial charge is 0.381 e. The van der Waals surface area contributed by atoms with Crippen molar-refractivity contribution in [2.24, 2.45) is 0 Å². The molecule has 1 aromatic heterocycles. The molecule has 2 aliphatic heterocycles. The van der Waals surface area contributed by atoms with E-state index >= 15 is 8.78 Å². The predicted molar refractivity (Wildman–Crippen MR) is 144 cm³/mol. The van der Waals surface area contributed by atoms with E-state index in [-0.39, 0.29) is 17.3 Å². The second-order valence-electron chi connectivity index (χ2n) is 11.8. The van der Waals surface area contributed by atoms with E-state index < -0.39 is 43.1 Å². The minimum Gasteiger partial charge on any atom is -0.381 e. The van der Waals surface area contributed by atoms with Crippen LogP contribution in [0.3, 0.4) is 0 Å². The quantitative estimate of drug-likeness (QED) is 0.308. The summed E-state index contributed by atoms with van der Waals surface area (Å²) in [7, 11) is 0. The van der Waals surface area contributed by atoms with Gasteiger partial charge in [0.2, 0.25) is 0 Å². The highest BCUT2D eigenvalue weighted by molar-refractivity contribution is 5.88. The third-order valence-corrected chi connectivity index (χ3v) is 8.89. The molecule has 0 radical (unpaired) electrons. The van der Waals surface area contributed by atoms with Crippen LogP contribution in [0.15, 0.2) is 24.3 Å². The van der Waals surface area contributed by atoms with Crippen LogP contribution in [0.1, 0.15) is 66.6 Å². The van der Waals surface area contributed by atoms with Crippen LogP contribution in [0.4, 0.5) is 32.0 Å². The van der Waals surface area contributed by atoms with Gasteiger partial charge in [-0.1, -0.05) is 6.92 Å². The molecular weight excluding hydrogens is 530 g/mol. The molecule has 4 nitrogen and oxygen atoms in total. The van der Waals surface area contributed by atoms with Crippen molar-refractivity contribution in [1.82, 2.24) is 14.8 Å². The summed E-state index contributed by atoms with van der Waals surface area (Å²) in [6.07, 6.45) is -2.07. The van der Waals surface area contributed by atoms with Gasteiger partial charge in [0.1, 0.15) is 11.6 Å². The lowest BCUT2D eigenvalue weighted by atomic mass is 9.77. The molecule has 2 N–H and O–H groups in total. The zero-order chi connectivity index (χ0) is 28.3. The second-order valence-corrected chi connectivity index (χ2v) is 11.8. The summed E-state index contributed by atoms with van der Waals surface area (Å²) in [5.74, 6) is -1.36. The summed E-state index contributed by atoms with van der Waals surface area (Å²) >= 11 is 0. The van der Waals surface area contributed by atoms with Gasteiger partial charge in [-0.3, -0.25) is 9.29 Å². The summed E-state index contributed by atoms with van der Waals surface area (Å²) in [4.78, 5) is 6.55. The van der Waals surface area contributed by atoms with Crippen LogP contribution in [0.25, 0.3) is 10.9 Å². The summed E-state index contributed by atoms with van der Waals surface area (Å²) in [6.45, 7) is 4.16. The number of likely N-dealkylation sites (tertiary alicyclic amines) is 1. The van der Waals surface area contributed by atoms with E-state index in [1.807, 2.05) is 6.07 Å². The lowest BCUT2D eigenvalue weighted by molar-refractivity contribution is -0.155. The lowest BCUT2D eigenvalue weighted by Crippen LogP contribution is -2.47. The Balaban J connectivity index is 1.37. The number of fused-ring (bicyclic) bond motifs is 4. The molecule has 40 heavy (non-hydrogen) atoms. The largest absolute Gasteiger partial charge is 0.401 e. The maximum Gasteiger partial charge on any atom is 0.401 e. The van der Waals surface area contributed by atoms with Crippen molar-refractivity contribution in [3.63, 3.8) is 0 Å². The molecule has 3 aliphatic rings. The number of rotatable bonds is 7. The summed E-state index contributed by atoms with van der Waals surface area (Å²) < 4.78 is 85.5. The first-order chi connectivity index (χ1) is 19.0. The van der Waals surface area contributed by atoms with Gasteiger partial charge < -0.3 is 15.2 Å². The zero-order valence-electron chi connectivity index (χ0n) is 22.6. The van der Waals surface area contributed by atoms with Gasteiger partial charge in [-0.15, -0.1) is 0 Å². The first-order valence-corrected chi connectivity index (χ1v) is 14.1. The number of nitrogens with zero attached hydrogens (tertiary/aromatic N) is 2. The van der Waals surface area contributed by atoms with Crippen molar-refractivity contribution in [3.05, 3.63) is 63.8 Å². The fraction of sp³-hybridized carbons (Fsp3) is 0.533. The van der Waals surface area contributed by atoms with E-state index in [4.69, 9.17) is 0 Å². The maximum atomic E-state index is 15.8. The number of halogens is 6. The van der Waals surface area contributed by atoms with Crippen LogP contribution in [-0.4, -0.2) is 65.9 Å². The Hall–Kier alpha value is -2.72. The molecule has 4 atom stereocenters. The molecule has 1 unspecified atom stereocenters. The minimum absolute atomic E-state index is 0.0544. The Morgan fingerprint density at radius 3 is 2.48 bits per heavy atom. The molecule has 3 aromatic rings. The van der Waals surface area contributed by atoms with Crippen LogP contribution >= 0.6 is 0 Å². The molecule has 3 heterocycles. The number of nitrogens with one attached hydrogen (secondary N) is 2. The molecule has 216 valence electrons. The number of H-pyrrole nitrogens is 1. The van der Waals surface area contributed by atoms with Crippen molar-refractivity contribution < 1.29 is 26.3 Å². The molecule has 0 amide bonds. The van der Waals surface area contributed by atoms with E-state index in [1.54, 1.807) is 6.92 Å². The molecule has 6 rings (SSSR count). The fourth-order valence-corrected chi connectivity index (χ4v) is 6.98. The first kappa shape index (κ1) is 27.4. The average molecular weight is 565 g/mol. The highest BCUT2D eigenvalue weighted by atomic mass is 19.4. The van der Waals surface area contributed by atoms with Gasteiger partial charge in [-0.25, -0.2) is 8.78 Å². The van der Waals surface area contributed by atoms with Crippen molar-refractivity contribution in [2.45, 2.75) is 69.8 Å². The second kappa shape index (κ2) is 10.3. The molecule has 1 saturated heterocycles. The number of benzene rings is 2. The van der Waals surface area contributed by atoms with Crippen LogP contribution in [0.5, 0.6) is 0 Å². The first-order valence-electron chi connectivity index (χ1n) is 14.1. The summed E-state index contributed by atoms with van der Waals surface area (Å²) in [6, 6.07) is 4.58. The Morgan fingerprint density at radius 1 is 1.05 bits per heavy atom. The molecule has 1 fully saturated rings. The molecule has 1 aliphatic carbocycles. The Bertz CT molecular complexity index is 1390. The van der Waals surface area contributed by atoms with Gasteiger partial charge in [-0.2, -0.15) is 13.2 Å². The fourth-order valence-electron chi connectivity index (χ4n) is 6.98. The Morgan fingerprint density at radius 2 is 1.80 bits per heavy atom. The van der Waals surface area contributed by atoms with Crippen LogP contribution < -0.4 is 5.32 Å². The highest BCUT2D eigenvalue weighted by Gasteiger charge is 2.44. The average Bonchev–Trinajstić information content (AvgIpc) is 3.46. The van der Waals surface area contributed by atoms with Crippen LogP contribution in [0.2, 0.25) is 0 Å². The topological polar surface area (TPSA) is 34.3 Å². The standard InChI is InChI=1S/C30H34F6N4/c1-16-8-18-10-22-23-9-17(2)40(15-30(34,35)36)29(28(23)38-26(22)13-21(16)18)27-24(32)11-20(12-25(27)33)37-19-4-7-39(14-19)6-3-5-31/h10-13,16-17,19,29,37-38H,3-9,14-15H2,1-2H3/t16?,17-,19+,29-/m1/s1. The predicted octanol–water partition coefficient (Wildman–Crippen LogP) is 6.85. The van der Waals surface area contributed by atoms with E-state index in [2.05, 4.69) is 28.2 Å². The summed E-state index contributed by atoms with van der Waals surface area (Å²) in [5.41, 5.74) is 4.32. The third-order valence-electron chi connectivity index (χ3n) is 8.89. The SMILES string of the molecule is CC1Cc2cc3c4c([nH]c3cc21)[C@@H](c1c(F)cc(N[C@H]2CCN(CCCF)C2)cc1F)N(CC(F)(F)F)[C@H](C)C4. The van der Waals surface area contributed by atoms with Crippen molar-refractivity contribution in [2.75, 3.05) is 38.2 Å². The van der Waals surface area contributed by atoms with Crippen LogP contribution in [-0.2, 0) is 12.8 Å². The third kappa shape index (κ3) is 4.98. The van der Waals surface area contributed by atoms with Gasteiger partial charge in [0, 0.05) is 59.6 Å². The summed E-state index contributed by atoms with van der Waals surface area (Å²) in [5, 5.41) is 4.08. The molecular formula is C30H34F6N4. The van der Waals surface area contributed by atoms with Gasteiger partial charge in [-0.05, 0) is 79.5 Å². The minimum atomic E-state index is -4.54. The van der Waals surface area contributed by atoms with Crippen molar-refractivity contribution in [3.8, 4) is 0 Å². The van der Waals surface area contributed by atoms with Crippen LogP contribution in [0, 0.1) is 11.6 Å². The van der Waals surface area contributed by atoms with E-state index in [0.29, 0.717) is 37.5 Å². The Kier molecular flexibility index (Phi) is 7.05. The van der Waals surface area contributed by atoms with Gasteiger partial charge in [0.05, 0.1) is 19.3 Å². The van der Waals surface area contributed by atoms with Gasteiger partial charge >= 0.3 is 6.18 Å². The molecule has 0 bridgehead atoms. The molecule has 0 saturated carbocycles. The van der Waals surface area contributed by atoms with Crippen molar-refractivity contribution in [1.29, 1.82) is 0 Å². The van der Waals surface area contributed by atoms with Crippen molar-refractivity contribution >= 4 is 16.6 Å². The number of hydrogen-bond donors (Lipinski definition) is 2. The number of alkyl halides is 4. The van der Waals surface area contributed by atoms with E-state index in [0.717, 1.165) is 40.8 Å². The van der Waals surface area contributed by atoms with E-state index in [1.165, 1.54) is 23.3 Å². The lowest BCUT2D eigenvalue weighted by Gasteiger charge is -2.41. The Labute approximate surface area is 229 Å². The molecule has 10 heteroatoms. The number of aromatic nitrogens is 1. The van der Waals surface area contributed by atoms with E-state index in [9.17, 15) is 17.6 Å². The highest BCUT2D eigenvalue weighted by Crippen LogP contribution is 2.46. The normalized spacial score (nSPS) is 25.2. The number of hydrogen-bond acceptors (Lipinski definition) is 3. The molecule has 2 aromatic carbocycles. The van der Waals surface area contributed by atoms with Gasteiger partial charge in [0.25, 0.3) is 0 Å². The van der Waals surface area contributed by atoms with Gasteiger partial charge in [0.15, 0.2) is 0 Å². The number of aromatic amines is 1. The monoisotopic (exact) mass is 564 g/mol. The number of anilines is 1.